The minimum Gasteiger partial charge on any atom is -0.322 e. The van der Waals surface area contributed by atoms with Crippen LogP contribution in [0.1, 0.15) is 46.2 Å². The van der Waals surface area contributed by atoms with Crippen LogP contribution in [0.15, 0.2) is 54.7 Å². The number of anilines is 2. The van der Waals surface area contributed by atoms with E-state index in [0.717, 1.165) is 46.1 Å². The largest absolute Gasteiger partial charge is 0.322 e. The molecule has 3 aromatic heterocycles. The Bertz CT molecular complexity index is 1690. The first-order valence-electron chi connectivity index (χ1n) is 12.6. The van der Waals surface area contributed by atoms with Crippen LogP contribution in [0.25, 0.3) is 28.0 Å². The van der Waals surface area contributed by atoms with Crippen molar-refractivity contribution in [3.05, 3.63) is 88.1 Å². The molecule has 0 unspecified atom stereocenters. The zero-order chi connectivity index (χ0) is 25.5. The molecule has 1 aliphatic carbocycles. The molecule has 37 heavy (non-hydrogen) atoms. The zero-order valence-electron chi connectivity index (χ0n) is 21.2. The third kappa shape index (κ3) is 4.21. The number of hydrogen-bond acceptors (Lipinski definition) is 6. The number of aromatic nitrogens is 5. The van der Waals surface area contributed by atoms with Crippen molar-refractivity contribution in [2.24, 2.45) is 0 Å². The van der Waals surface area contributed by atoms with Gasteiger partial charge in [0.25, 0.3) is 0 Å². The second-order valence-corrected chi connectivity index (χ2v) is 9.83. The molecular weight excluding hydrogens is 458 g/mol. The van der Waals surface area contributed by atoms with Crippen LogP contribution in [-0.4, -0.2) is 25.0 Å². The Hall–Kier alpha value is -4.57. The molecule has 0 spiro atoms. The highest BCUT2D eigenvalue weighted by molar-refractivity contribution is 5.86. The number of hydrogen-bond donors (Lipinski definition) is 1. The van der Waals surface area contributed by atoms with Gasteiger partial charge in [0.2, 0.25) is 0 Å². The Labute approximate surface area is 215 Å². The van der Waals surface area contributed by atoms with Gasteiger partial charge in [0.1, 0.15) is 11.6 Å². The van der Waals surface area contributed by atoms with E-state index in [1.165, 1.54) is 29.5 Å². The minimum atomic E-state index is 0.403. The van der Waals surface area contributed by atoms with Crippen LogP contribution >= 0.6 is 0 Å². The average Bonchev–Trinajstić information content (AvgIpc) is 3.31. The minimum absolute atomic E-state index is 0.403. The fourth-order valence-electron chi connectivity index (χ4n) is 5.23. The molecule has 7 nitrogen and oxygen atoms in total. The summed E-state index contributed by atoms with van der Waals surface area (Å²) in [5, 5.41) is 27.5. The highest BCUT2D eigenvalue weighted by Gasteiger charge is 2.17. The SMILES string of the molecule is Cc1cc(C)c2nc(-n3ncc(C#N)c3Nc3ccc(-c4ccc5c(c4)CCCC5)nn3)cc(C)c2c1. The summed E-state index contributed by atoms with van der Waals surface area (Å²) in [5.74, 6) is 1.68. The number of benzene rings is 2. The van der Waals surface area contributed by atoms with E-state index in [-0.39, 0.29) is 0 Å². The van der Waals surface area contributed by atoms with Crippen LogP contribution in [0.5, 0.6) is 0 Å². The molecule has 1 aliphatic rings. The first-order valence-corrected chi connectivity index (χ1v) is 12.6. The monoisotopic (exact) mass is 485 g/mol. The Kier molecular flexibility index (Phi) is 5.65. The van der Waals surface area contributed by atoms with Gasteiger partial charge in [-0.15, -0.1) is 10.2 Å². The van der Waals surface area contributed by atoms with Gasteiger partial charge in [0, 0.05) is 10.9 Å². The van der Waals surface area contributed by atoms with Gasteiger partial charge in [-0.05, 0) is 99.0 Å². The predicted octanol–water partition coefficient (Wildman–Crippen LogP) is 6.30. The zero-order valence-corrected chi connectivity index (χ0v) is 21.2. The quantitative estimate of drug-likeness (QED) is 0.321. The summed E-state index contributed by atoms with van der Waals surface area (Å²) >= 11 is 0. The average molecular weight is 486 g/mol. The maximum atomic E-state index is 9.75. The second-order valence-electron chi connectivity index (χ2n) is 9.83. The number of nitrogens with one attached hydrogen (secondary N) is 1. The first-order chi connectivity index (χ1) is 18.0. The van der Waals surface area contributed by atoms with Gasteiger partial charge < -0.3 is 5.32 Å². The number of aryl methyl sites for hydroxylation is 5. The molecule has 0 saturated heterocycles. The molecule has 0 amide bonds. The smallest absolute Gasteiger partial charge is 0.156 e. The van der Waals surface area contributed by atoms with E-state index in [1.54, 1.807) is 10.9 Å². The molecule has 0 radical (unpaired) electrons. The maximum Gasteiger partial charge on any atom is 0.156 e. The molecule has 182 valence electrons. The molecule has 2 aromatic carbocycles. The van der Waals surface area contributed by atoms with Crippen LogP contribution in [0.2, 0.25) is 0 Å². The lowest BCUT2D eigenvalue weighted by atomic mass is 9.90. The highest BCUT2D eigenvalue weighted by atomic mass is 15.4. The van der Waals surface area contributed by atoms with Crippen LogP contribution in [0.4, 0.5) is 11.6 Å². The maximum absolute atomic E-state index is 9.75. The Morgan fingerprint density at radius 2 is 1.73 bits per heavy atom. The van der Waals surface area contributed by atoms with Crippen molar-refractivity contribution in [1.82, 2.24) is 25.0 Å². The number of nitriles is 1. The van der Waals surface area contributed by atoms with Gasteiger partial charge in [0.15, 0.2) is 17.5 Å². The van der Waals surface area contributed by atoms with Crippen LogP contribution in [0.3, 0.4) is 0 Å². The Morgan fingerprint density at radius 3 is 2.51 bits per heavy atom. The summed E-state index contributed by atoms with van der Waals surface area (Å²) in [5.41, 5.74) is 9.49. The van der Waals surface area contributed by atoms with Crippen LogP contribution in [-0.2, 0) is 12.8 Å². The molecule has 1 N–H and O–H groups in total. The first kappa shape index (κ1) is 22.9. The van der Waals surface area contributed by atoms with Gasteiger partial charge in [-0.2, -0.15) is 15.0 Å². The Balaban J connectivity index is 1.34. The third-order valence-corrected chi connectivity index (χ3v) is 7.10. The number of pyridine rings is 1. The van der Waals surface area contributed by atoms with Gasteiger partial charge in [-0.25, -0.2) is 4.98 Å². The van der Waals surface area contributed by atoms with Crippen molar-refractivity contribution in [1.29, 1.82) is 5.26 Å². The summed E-state index contributed by atoms with van der Waals surface area (Å²) in [6.07, 6.45) is 6.33. The van der Waals surface area contributed by atoms with Gasteiger partial charge in [0.05, 0.1) is 17.4 Å². The van der Waals surface area contributed by atoms with E-state index >= 15 is 0 Å². The van der Waals surface area contributed by atoms with Gasteiger partial charge >= 0.3 is 0 Å². The summed E-state index contributed by atoms with van der Waals surface area (Å²) in [6, 6.07) is 18.9. The summed E-state index contributed by atoms with van der Waals surface area (Å²) in [7, 11) is 0. The summed E-state index contributed by atoms with van der Waals surface area (Å²) < 4.78 is 1.66. The van der Waals surface area contributed by atoms with Crippen molar-refractivity contribution < 1.29 is 0 Å². The molecule has 7 heteroatoms. The van der Waals surface area contributed by atoms with Crippen molar-refractivity contribution in [2.45, 2.75) is 46.5 Å². The molecule has 0 atom stereocenters. The van der Waals surface area contributed by atoms with E-state index in [2.05, 4.69) is 77.8 Å². The lowest BCUT2D eigenvalue weighted by Crippen LogP contribution is -2.08. The molecule has 5 aromatic rings. The molecular formula is C30H27N7. The van der Waals surface area contributed by atoms with E-state index < -0.39 is 0 Å². The molecule has 6 rings (SSSR count). The lowest BCUT2D eigenvalue weighted by molar-refractivity contribution is 0.686. The van der Waals surface area contributed by atoms with Crippen molar-refractivity contribution in [3.8, 4) is 23.1 Å². The number of fused-ring (bicyclic) bond motifs is 2. The molecule has 0 bridgehead atoms. The molecule has 0 aliphatic heterocycles. The molecule has 0 saturated carbocycles. The third-order valence-electron chi connectivity index (χ3n) is 7.10. The van der Waals surface area contributed by atoms with E-state index in [0.29, 0.717) is 23.0 Å². The highest BCUT2D eigenvalue weighted by Crippen LogP contribution is 2.29. The van der Waals surface area contributed by atoms with Gasteiger partial charge in [-0.1, -0.05) is 23.8 Å². The van der Waals surface area contributed by atoms with Crippen LogP contribution < -0.4 is 5.32 Å². The number of nitrogens with zero attached hydrogens (tertiary/aromatic N) is 6. The fraction of sp³-hybridized carbons (Fsp3) is 0.233. The van der Waals surface area contributed by atoms with Crippen molar-refractivity contribution in [3.63, 3.8) is 0 Å². The molecule has 3 heterocycles. The Morgan fingerprint density at radius 1 is 0.892 bits per heavy atom. The summed E-state index contributed by atoms with van der Waals surface area (Å²) in [6.45, 7) is 6.22. The number of rotatable bonds is 4. The topological polar surface area (TPSA) is 92.3 Å². The van der Waals surface area contributed by atoms with E-state index in [9.17, 15) is 5.26 Å². The lowest BCUT2D eigenvalue weighted by Gasteiger charge is -2.16. The van der Waals surface area contributed by atoms with Gasteiger partial charge in [-0.3, -0.25) is 0 Å². The van der Waals surface area contributed by atoms with Crippen molar-refractivity contribution >= 4 is 22.5 Å². The second kappa shape index (κ2) is 9.14. The predicted molar refractivity (Wildman–Crippen MR) is 145 cm³/mol. The van der Waals surface area contributed by atoms with E-state index in [1.807, 2.05) is 18.2 Å². The normalized spacial score (nSPS) is 12.8. The van der Waals surface area contributed by atoms with E-state index in [4.69, 9.17) is 4.98 Å². The molecule has 0 fully saturated rings. The van der Waals surface area contributed by atoms with Crippen LogP contribution in [0, 0.1) is 32.1 Å². The fourth-order valence-corrected chi connectivity index (χ4v) is 5.23. The standard InChI is InChI=1S/C30H27N7/c1-18-12-20(3)29-25(13-18)19(2)14-28(34-29)37-30(24(16-31)17-32-37)33-27-11-10-26(35-36-27)23-9-8-21-6-4-5-7-22(21)15-23/h8-15,17H,4-7H2,1-3H3,(H,33,36). The summed E-state index contributed by atoms with van der Waals surface area (Å²) in [4.78, 5) is 4.90. The van der Waals surface area contributed by atoms with Crippen molar-refractivity contribution in [2.75, 3.05) is 5.32 Å².